The molecule has 6 nitrogen and oxygen atoms in total. The lowest BCUT2D eigenvalue weighted by Crippen LogP contribution is -2.09. The molecule has 1 aromatic carbocycles. The van der Waals surface area contributed by atoms with Crippen molar-refractivity contribution in [2.45, 2.75) is 45.1 Å². The molecule has 1 aliphatic rings. The molecule has 8 heteroatoms. The van der Waals surface area contributed by atoms with Gasteiger partial charge < -0.3 is 14.0 Å². The summed E-state index contributed by atoms with van der Waals surface area (Å²) in [7, 11) is 0. The van der Waals surface area contributed by atoms with Gasteiger partial charge in [0.1, 0.15) is 11.5 Å². The molecule has 1 unspecified atom stereocenters. The van der Waals surface area contributed by atoms with Crippen molar-refractivity contribution in [1.29, 1.82) is 5.26 Å². The van der Waals surface area contributed by atoms with Crippen molar-refractivity contribution in [2.24, 2.45) is 0 Å². The van der Waals surface area contributed by atoms with Gasteiger partial charge in [0, 0.05) is 17.3 Å². The first-order chi connectivity index (χ1) is 14.5. The molecule has 158 valence electrons. The summed E-state index contributed by atoms with van der Waals surface area (Å²) >= 11 is 9.83. The molecule has 0 saturated carbocycles. The molecule has 0 radical (unpaired) electrons. The SMILES string of the molecule is CC(C)OC1=C(C#N)CC(c2nc(-c3ccc(OCCCCBr)cc3Cl)no2)C=C1. The van der Waals surface area contributed by atoms with Crippen LogP contribution in [-0.4, -0.2) is 28.2 Å². The van der Waals surface area contributed by atoms with Crippen LogP contribution in [0.15, 0.2) is 46.2 Å². The number of hydrogen-bond acceptors (Lipinski definition) is 6. The van der Waals surface area contributed by atoms with E-state index in [1.165, 1.54) is 0 Å². The second kappa shape index (κ2) is 10.6. The molecule has 1 atom stereocenters. The molecule has 1 aliphatic carbocycles. The van der Waals surface area contributed by atoms with Crippen LogP contribution in [-0.2, 0) is 4.74 Å². The summed E-state index contributed by atoms with van der Waals surface area (Å²) in [6.45, 7) is 4.49. The molecule has 3 rings (SSSR count). The highest BCUT2D eigenvalue weighted by atomic mass is 79.9. The molecular weight excluding hydrogens is 470 g/mol. The Balaban J connectivity index is 1.70. The van der Waals surface area contributed by atoms with Crippen molar-refractivity contribution in [1.82, 2.24) is 10.1 Å². The topological polar surface area (TPSA) is 81.2 Å². The quantitative estimate of drug-likeness (QED) is 0.307. The zero-order valence-electron chi connectivity index (χ0n) is 16.9. The Morgan fingerprint density at radius 2 is 2.20 bits per heavy atom. The maximum atomic E-state index is 9.46. The highest BCUT2D eigenvalue weighted by Gasteiger charge is 2.25. The van der Waals surface area contributed by atoms with Crippen LogP contribution in [0.3, 0.4) is 0 Å². The summed E-state index contributed by atoms with van der Waals surface area (Å²) in [6, 6.07) is 7.64. The van der Waals surface area contributed by atoms with Crippen LogP contribution in [0, 0.1) is 11.3 Å². The third-order valence-corrected chi connectivity index (χ3v) is 5.31. The van der Waals surface area contributed by atoms with E-state index in [1.807, 2.05) is 32.1 Å². The molecule has 30 heavy (non-hydrogen) atoms. The first-order valence-electron chi connectivity index (χ1n) is 9.82. The lowest BCUT2D eigenvalue weighted by Gasteiger charge is -2.18. The van der Waals surface area contributed by atoms with E-state index in [2.05, 4.69) is 32.1 Å². The number of benzene rings is 1. The van der Waals surface area contributed by atoms with Crippen molar-refractivity contribution in [3.8, 4) is 23.2 Å². The second-order valence-electron chi connectivity index (χ2n) is 7.13. The van der Waals surface area contributed by atoms with Gasteiger partial charge in [0.25, 0.3) is 0 Å². The Morgan fingerprint density at radius 1 is 1.37 bits per heavy atom. The molecule has 0 N–H and O–H groups in total. The highest BCUT2D eigenvalue weighted by molar-refractivity contribution is 9.09. The fraction of sp³-hybridized carbons (Fsp3) is 0.409. The van der Waals surface area contributed by atoms with Crippen LogP contribution in [0.25, 0.3) is 11.4 Å². The van der Waals surface area contributed by atoms with Gasteiger partial charge in [-0.2, -0.15) is 10.2 Å². The van der Waals surface area contributed by atoms with E-state index in [0.717, 1.165) is 18.2 Å². The van der Waals surface area contributed by atoms with Gasteiger partial charge in [-0.1, -0.05) is 38.8 Å². The smallest absolute Gasteiger partial charge is 0.234 e. The third-order valence-electron chi connectivity index (χ3n) is 4.44. The van der Waals surface area contributed by atoms with Crippen molar-refractivity contribution in [2.75, 3.05) is 11.9 Å². The number of ether oxygens (including phenoxy) is 2. The predicted molar refractivity (Wildman–Crippen MR) is 119 cm³/mol. The summed E-state index contributed by atoms with van der Waals surface area (Å²) in [4.78, 5) is 4.50. The number of nitriles is 1. The maximum Gasteiger partial charge on any atom is 0.234 e. The molecule has 0 bridgehead atoms. The molecular formula is C22H23BrClN3O3. The van der Waals surface area contributed by atoms with Crippen LogP contribution in [0.4, 0.5) is 0 Å². The summed E-state index contributed by atoms with van der Waals surface area (Å²) in [6.07, 6.45) is 6.19. The summed E-state index contributed by atoms with van der Waals surface area (Å²) in [5, 5.41) is 15.0. The van der Waals surface area contributed by atoms with Crippen molar-refractivity contribution in [3.05, 3.63) is 52.6 Å². The average Bonchev–Trinajstić information content (AvgIpc) is 3.21. The lowest BCUT2D eigenvalue weighted by molar-refractivity contribution is 0.154. The Kier molecular flexibility index (Phi) is 7.94. The Labute approximate surface area is 189 Å². The second-order valence-corrected chi connectivity index (χ2v) is 8.33. The molecule has 0 aliphatic heterocycles. The normalized spacial score (nSPS) is 16.1. The van der Waals surface area contributed by atoms with Gasteiger partial charge in [0.2, 0.25) is 11.7 Å². The van der Waals surface area contributed by atoms with E-state index in [9.17, 15) is 5.26 Å². The van der Waals surface area contributed by atoms with Crippen LogP contribution in [0.1, 0.15) is 44.9 Å². The summed E-state index contributed by atoms with van der Waals surface area (Å²) < 4.78 is 16.9. The van der Waals surface area contributed by atoms with Crippen LogP contribution in [0.5, 0.6) is 5.75 Å². The molecule has 0 fully saturated rings. The number of allylic oxidation sites excluding steroid dienone is 3. The fourth-order valence-electron chi connectivity index (χ4n) is 2.98. The largest absolute Gasteiger partial charge is 0.494 e. The van der Waals surface area contributed by atoms with Crippen LogP contribution >= 0.6 is 27.5 Å². The monoisotopic (exact) mass is 491 g/mol. The van der Waals surface area contributed by atoms with Gasteiger partial charge in [0.05, 0.1) is 35.3 Å². The van der Waals surface area contributed by atoms with Crippen LogP contribution in [0.2, 0.25) is 5.02 Å². The van der Waals surface area contributed by atoms with E-state index in [-0.39, 0.29) is 12.0 Å². The average molecular weight is 493 g/mol. The number of rotatable bonds is 9. The highest BCUT2D eigenvalue weighted by Crippen LogP contribution is 2.34. The zero-order chi connectivity index (χ0) is 21.5. The number of hydrogen-bond donors (Lipinski definition) is 0. The minimum atomic E-state index is -0.184. The van der Waals surface area contributed by atoms with Gasteiger partial charge in [-0.25, -0.2) is 0 Å². The van der Waals surface area contributed by atoms with E-state index < -0.39 is 0 Å². The van der Waals surface area contributed by atoms with Gasteiger partial charge in [-0.3, -0.25) is 0 Å². The van der Waals surface area contributed by atoms with Gasteiger partial charge in [-0.15, -0.1) is 0 Å². The third kappa shape index (κ3) is 5.65. The first-order valence-corrected chi connectivity index (χ1v) is 11.3. The van der Waals surface area contributed by atoms with E-state index in [0.29, 0.717) is 52.4 Å². The van der Waals surface area contributed by atoms with Crippen LogP contribution < -0.4 is 4.74 Å². The Morgan fingerprint density at radius 3 is 2.90 bits per heavy atom. The Hall–Kier alpha value is -2.30. The minimum absolute atomic E-state index is 0.00180. The van der Waals surface area contributed by atoms with Gasteiger partial charge >= 0.3 is 0 Å². The van der Waals surface area contributed by atoms with E-state index in [1.54, 1.807) is 12.1 Å². The standard InChI is InChI=1S/C22H23BrClN3O3/c1-14(2)29-20-8-5-15(11-16(20)13-25)22-26-21(27-30-22)18-7-6-17(12-19(18)24)28-10-4-3-9-23/h5-8,12,14-15H,3-4,9-11H2,1-2H3. The van der Waals surface area contributed by atoms with Crippen molar-refractivity contribution >= 4 is 27.5 Å². The van der Waals surface area contributed by atoms with Crippen molar-refractivity contribution in [3.63, 3.8) is 0 Å². The number of nitrogens with zero attached hydrogens (tertiary/aromatic N) is 3. The zero-order valence-corrected chi connectivity index (χ0v) is 19.2. The van der Waals surface area contributed by atoms with E-state index >= 15 is 0 Å². The molecule has 0 amide bonds. The Bertz CT molecular complexity index is 978. The van der Waals surface area contributed by atoms with Gasteiger partial charge in [0.15, 0.2) is 0 Å². The predicted octanol–water partition coefficient (Wildman–Crippen LogP) is 6.19. The lowest BCUT2D eigenvalue weighted by atomic mass is 9.93. The minimum Gasteiger partial charge on any atom is -0.494 e. The molecule has 1 heterocycles. The summed E-state index contributed by atoms with van der Waals surface area (Å²) in [5.74, 6) is 1.96. The number of halogens is 2. The molecule has 2 aromatic rings. The van der Waals surface area contributed by atoms with Gasteiger partial charge in [-0.05, 0) is 51.0 Å². The summed E-state index contributed by atoms with van der Waals surface area (Å²) in [5.41, 5.74) is 1.23. The number of unbranched alkanes of at least 4 members (excludes halogenated alkanes) is 1. The maximum absolute atomic E-state index is 9.46. The number of aromatic nitrogens is 2. The molecule has 0 saturated heterocycles. The van der Waals surface area contributed by atoms with E-state index in [4.69, 9.17) is 25.6 Å². The fourth-order valence-corrected chi connectivity index (χ4v) is 3.63. The van der Waals surface area contributed by atoms with Crippen molar-refractivity contribution < 1.29 is 14.0 Å². The molecule has 1 aromatic heterocycles. The first kappa shape index (κ1) is 22.4. The molecule has 0 spiro atoms. The number of alkyl halides is 1.